The summed E-state index contributed by atoms with van der Waals surface area (Å²) in [7, 11) is 0. The molecule has 0 radical (unpaired) electrons. The van der Waals surface area contributed by atoms with Gasteiger partial charge in [-0.3, -0.25) is 4.79 Å². The van der Waals surface area contributed by atoms with Gasteiger partial charge in [-0.1, -0.05) is 6.07 Å². The highest BCUT2D eigenvalue weighted by Crippen LogP contribution is 2.24. The van der Waals surface area contributed by atoms with Crippen molar-refractivity contribution in [2.75, 3.05) is 6.54 Å². The van der Waals surface area contributed by atoms with E-state index in [1.807, 2.05) is 35.4 Å². The number of carbonyl (C=O) groups is 1. The van der Waals surface area contributed by atoms with Gasteiger partial charge in [0.05, 0.1) is 24.9 Å². The third-order valence-electron chi connectivity index (χ3n) is 3.98. The Labute approximate surface area is 128 Å². The molecule has 5 heteroatoms. The minimum absolute atomic E-state index is 0.157. The number of furan rings is 1. The van der Waals surface area contributed by atoms with Crippen LogP contribution in [0.2, 0.25) is 0 Å². The molecule has 1 amide bonds. The summed E-state index contributed by atoms with van der Waals surface area (Å²) < 4.78 is 5.42. The van der Waals surface area contributed by atoms with Crippen molar-refractivity contribution in [2.24, 2.45) is 0 Å². The molecule has 4 nitrogen and oxygen atoms in total. The number of nitrogens with zero attached hydrogens (tertiary/aromatic N) is 1. The third-order valence-corrected chi connectivity index (χ3v) is 4.84. The van der Waals surface area contributed by atoms with Gasteiger partial charge < -0.3 is 14.6 Å². The van der Waals surface area contributed by atoms with Crippen LogP contribution in [0.25, 0.3) is 0 Å². The molecule has 1 N–H and O–H groups in total. The second-order valence-corrected chi connectivity index (χ2v) is 6.71. The molecular weight excluding hydrogens is 284 g/mol. The minimum Gasteiger partial charge on any atom is -0.467 e. The maximum Gasteiger partial charge on any atom is 0.243 e. The highest BCUT2D eigenvalue weighted by molar-refractivity contribution is 7.09. The van der Waals surface area contributed by atoms with E-state index < -0.39 is 5.54 Å². The van der Waals surface area contributed by atoms with Gasteiger partial charge in [0.15, 0.2) is 0 Å². The van der Waals surface area contributed by atoms with Crippen molar-refractivity contribution < 1.29 is 9.21 Å². The standard InChI is InChI=1S/C16H20N2O2S/c1-16(7-4-8-17-16)15(19)18(11-13-5-2-9-20-13)12-14-6-3-10-21-14/h2-3,5-6,9-10,17H,4,7-8,11-12H2,1H3. The van der Waals surface area contributed by atoms with Gasteiger partial charge in [-0.2, -0.15) is 0 Å². The molecule has 1 atom stereocenters. The van der Waals surface area contributed by atoms with Crippen LogP contribution in [0.5, 0.6) is 0 Å². The molecule has 0 aromatic carbocycles. The Morgan fingerprint density at radius 2 is 2.33 bits per heavy atom. The van der Waals surface area contributed by atoms with Gasteiger partial charge in [0, 0.05) is 4.88 Å². The monoisotopic (exact) mass is 304 g/mol. The van der Waals surface area contributed by atoms with Crippen molar-refractivity contribution in [3.63, 3.8) is 0 Å². The molecule has 0 aliphatic carbocycles. The molecule has 1 saturated heterocycles. The van der Waals surface area contributed by atoms with Crippen LogP contribution in [0.1, 0.15) is 30.4 Å². The SMILES string of the molecule is CC1(C(=O)N(Cc2ccco2)Cc2cccs2)CCCN1. The van der Waals surface area contributed by atoms with Gasteiger partial charge in [-0.15, -0.1) is 11.3 Å². The molecule has 0 bridgehead atoms. The first kappa shape index (κ1) is 14.4. The van der Waals surface area contributed by atoms with Crippen molar-refractivity contribution in [2.45, 2.75) is 38.4 Å². The largest absolute Gasteiger partial charge is 0.467 e. The second kappa shape index (κ2) is 6.03. The highest BCUT2D eigenvalue weighted by atomic mass is 32.1. The van der Waals surface area contributed by atoms with Crippen molar-refractivity contribution in [1.29, 1.82) is 0 Å². The van der Waals surface area contributed by atoms with E-state index in [0.717, 1.165) is 25.1 Å². The number of amides is 1. The van der Waals surface area contributed by atoms with E-state index in [2.05, 4.69) is 11.4 Å². The first-order valence-electron chi connectivity index (χ1n) is 7.26. The zero-order valence-corrected chi connectivity index (χ0v) is 13.0. The molecule has 3 rings (SSSR count). The van der Waals surface area contributed by atoms with Crippen LogP contribution in [-0.4, -0.2) is 22.9 Å². The smallest absolute Gasteiger partial charge is 0.243 e. The number of nitrogens with one attached hydrogen (secondary N) is 1. The lowest BCUT2D eigenvalue weighted by Gasteiger charge is -2.31. The molecule has 1 unspecified atom stereocenters. The number of rotatable bonds is 5. The molecule has 3 heterocycles. The van der Waals surface area contributed by atoms with E-state index in [1.54, 1.807) is 17.6 Å². The summed E-state index contributed by atoms with van der Waals surface area (Å²) in [6, 6.07) is 7.86. The predicted octanol–water partition coefficient (Wildman–Crippen LogP) is 3.01. The zero-order chi connectivity index (χ0) is 14.7. The molecule has 21 heavy (non-hydrogen) atoms. The topological polar surface area (TPSA) is 45.5 Å². The lowest BCUT2D eigenvalue weighted by Crippen LogP contribution is -2.52. The van der Waals surface area contributed by atoms with E-state index in [0.29, 0.717) is 13.1 Å². The maximum absolute atomic E-state index is 12.9. The van der Waals surface area contributed by atoms with Crippen LogP contribution in [-0.2, 0) is 17.9 Å². The van der Waals surface area contributed by atoms with Gasteiger partial charge in [0.1, 0.15) is 5.76 Å². The third kappa shape index (κ3) is 3.19. The molecule has 1 aliphatic heterocycles. The average Bonchev–Trinajstić information content (AvgIpc) is 3.20. The van der Waals surface area contributed by atoms with Crippen molar-refractivity contribution in [3.05, 3.63) is 46.5 Å². The van der Waals surface area contributed by atoms with Crippen LogP contribution in [0.4, 0.5) is 0 Å². The van der Waals surface area contributed by atoms with E-state index >= 15 is 0 Å². The Morgan fingerprint density at radius 3 is 2.95 bits per heavy atom. The molecule has 2 aromatic heterocycles. The predicted molar refractivity (Wildman–Crippen MR) is 82.9 cm³/mol. The Kier molecular flexibility index (Phi) is 4.12. The lowest BCUT2D eigenvalue weighted by molar-refractivity contribution is -0.138. The Hall–Kier alpha value is -1.59. The minimum atomic E-state index is -0.441. The summed E-state index contributed by atoms with van der Waals surface area (Å²) in [4.78, 5) is 16.0. The summed E-state index contributed by atoms with van der Waals surface area (Å²) in [6.45, 7) is 4.07. The van der Waals surface area contributed by atoms with Crippen LogP contribution in [0.15, 0.2) is 40.3 Å². The number of carbonyl (C=O) groups excluding carboxylic acids is 1. The van der Waals surface area contributed by atoms with Gasteiger partial charge in [-0.05, 0) is 49.9 Å². The average molecular weight is 304 g/mol. The fourth-order valence-corrected chi connectivity index (χ4v) is 3.53. The first-order valence-corrected chi connectivity index (χ1v) is 8.14. The normalized spacial score (nSPS) is 21.6. The molecule has 0 spiro atoms. The lowest BCUT2D eigenvalue weighted by atomic mass is 9.98. The Bertz CT molecular complexity index is 535. The number of thiophene rings is 1. The molecule has 0 saturated carbocycles. The van der Waals surface area contributed by atoms with Crippen molar-refractivity contribution >= 4 is 17.2 Å². The van der Waals surface area contributed by atoms with Crippen LogP contribution in [0.3, 0.4) is 0 Å². The number of hydrogen-bond acceptors (Lipinski definition) is 4. The molecule has 1 fully saturated rings. The maximum atomic E-state index is 12.9. The molecule has 2 aromatic rings. The van der Waals surface area contributed by atoms with E-state index in [1.165, 1.54) is 4.88 Å². The van der Waals surface area contributed by atoms with Gasteiger partial charge in [-0.25, -0.2) is 0 Å². The molecule has 112 valence electrons. The van der Waals surface area contributed by atoms with Crippen molar-refractivity contribution in [1.82, 2.24) is 10.2 Å². The van der Waals surface area contributed by atoms with Gasteiger partial charge >= 0.3 is 0 Å². The summed E-state index contributed by atoms with van der Waals surface area (Å²) in [5.74, 6) is 0.978. The van der Waals surface area contributed by atoms with E-state index in [4.69, 9.17) is 4.42 Å². The number of hydrogen-bond donors (Lipinski definition) is 1. The highest BCUT2D eigenvalue weighted by Gasteiger charge is 2.39. The first-order chi connectivity index (χ1) is 10.2. The van der Waals surface area contributed by atoms with Crippen LogP contribution in [0, 0.1) is 0 Å². The molecular formula is C16H20N2O2S. The van der Waals surface area contributed by atoms with E-state index in [9.17, 15) is 4.79 Å². The fourth-order valence-electron chi connectivity index (χ4n) is 2.81. The molecule has 1 aliphatic rings. The quantitative estimate of drug-likeness (QED) is 0.923. The van der Waals surface area contributed by atoms with Crippen LogP contribution < -0.4 is 5.32 Å². The summed E-state index contributed by atoms with van der Waals surface area (Å²) in [5, 5.41) is 5.40. The van der Waals surface area contributed by atoms with Crippen molar-refractivity contribution in [3.8, 4) is 0 Å². The fraction of sp³-hybridized carbons (Fsp3) is 0.438. The Morgan fingerprint density at radius 1 is 1.43 bits per heavy atom. The van der Waals surface area contributed by atoms with E-state index in [-0.39, 0.29) is 5.91 Å². The van der Waals surface area contributed by atoms with Gasteiger partial charge in [0.25, 0.3) is 0 Å². The summed E-state index contributed by atoms with van der Waals surface area (Å²) >= 11 is 1.68. The Balaban J connectivity index is 1.79. The second-order valence-electron chi connectivity index (χ2n) is 5.68. The summed E-state index contributed by atoms with van der Waals surface area (Å²) in [6.07, 6.45) is 3.60. The summed E-state index contributed by atoms with van der Waals surface area (Å²) in [5.41, 5.74) is -0.441. The zero-order valence-electron chi connectivity index (χ0n) is 12.2. The van der Waals surface area contributed by atoms with Gasteiger partial charge in [0.2, 0.25) is 5.91 Å². The van der Waals surface area contributed by atoms with Crippen LogP contribution >= 0.6 is 11.3 Å².